The van der Waals surface area contributed by atoms with E-state index in [1.54, 1.807) is 10.9 Å². The molecule has 0 atom stereocenters. The van der Waals surface area contributed by atoms with Gasteiger partial charge >= 0.3 is 5.97 Å². The number of hydrogen-bond acceptors (Lipinski definition) is 5. The third-order valence-corrected chi connectivity index (χ3v) is 4.54. The Morgan fingerprint density at radius 1 is 1.36 bits per heavy atom. The van der Waals surface area contributed by atoms with Gasteiger partial charge in [-0.05, 0) is 37.5 Å². The molecule has 3 N–H and O–H groups in total. The Morgan fingerprint density at radius 3 is 2.80 bits per heavy atom. The lowest BCUT2D eigenvalue weighted by atomic mass is 9.81. The second kappa shape index (κ2) is 7.23. The highest BCUT2D eigenvalue weighted by Crippen LogP contribution is 2.30. The Morgan fingerprint density at radius 2 is 2.12 bits per heavy atom. The van der Waals surface area contributed by atoms with Gasteiger partial charge in [0.25, 0.3) is 0 Å². The number of rotatable bonds is 3. The van der Waals surface area contributed by atoms with Gasteiger partial charge in [0.1, 0.15) is 5.52 Å². The largest absolute Gasteiger partial charge is 0.481 e. The number of aliphatic carboxylic acids is 1. The molecule has 1 aliphatic carbocycles. The number of nitrogens with two attached hydrogens (primary N) is 1. The molecule has 7 heteroatoms. The summed E-state index contributed by atoms with van der Waals surface area (Å²) in [5, 5.41) is 9.03. The molecule has 1 aliphatic rings. The molecule has 0 aliphatic heterocycles. The Balaban J connectivity index is 1.70. The van der Waals surface area contributed by atoms with Gasteiger partial charge in [0.2, 0.25) is 5.82 Å². The molecule has 1 saturated carbocycles. The van der Waals surface area contributed by atoms with Gasteiger partial charge in [-0.1, -0.05) is 11.8 Å². The van der Waals surface area contributed by atoms with E-state index >= 15 is 0 Å². The summed E-state index contributed by atoms with van der Waals surface area (Å²) in [6.07, 6.45) is 10.9. The maximum atomic E-state index is 11.0. The van der Waals surface area contributed by atoms with Gasteiger partial charge < -0.3 is 15.4 Å². The van der Waals surface area contributed by atoms with E-state index in [4.69, 9.17) is 17.3 Å². The molecule has 2 aromatic rings. The van der Waals surface area contributed by atoms with Crippen LogP contribution in [0.1, 0.15) is 37.9 Å². The van der Waals surface area contributed by atoms with Crippen LogP contribution in [-0.4, -0.2) is 30.6 Å². The van der Waals surface area contributed by atoms with Crippen LogP contribution in [0.3, 0.4) is 0 Å². The molecule has 25 heavy (non-hydrogen) atoms. The summed E-state index contributed by atoms with van der Waals surface area (Å²) in [6.45, 7) is 0.354. The van der Waals surface area contributed by atoms with Crippen LogP contribution >= 0.6 is 0 Å². The van der Waals surface area contributed by atoms with E-state index in [0.717, 1.165) is 25.7 Å². The van der Waals surface area contributed by atoms with Gasteiger partial charge in [0, 0.05) is 6.42 Å². The lowest BCUT2D eigenvalue weighted by Crippen LogP contribution is -2.21. The SMILES string of the molecule is C#CCn1cnc2c(N)nc(C#CCC3CCC(C(=O)O)CC3)nc21. The number of nitrogen functional groups attached to an aromatic ring is 1. The number of imidazole rings is 1. The molecule has 3 rings (SSSR count). The molecule has 0 spiro atoms. The predicted octanol–water partition coefficient (Wildman–Crippen LogP) is 1.67. The first-order valence-electron chi connectivity index (χ1n) is 8.22. The van der Waals surface area contributed by atoms with Crippen molar-refractivity contribution in [3.8, 4) is 24.2 Å². The van der Waals surface area contributed by atoms with Crippen molar-refractivity contribution in [2.75, 3.05) is 5.73 Å². The fourth-order valence-corrected chi connectivity index (χ4v) is 3.12. The topological polar surface area (TPSA) is 107 Å². The van der Waals surface area contributed by atoms with Crippen LogP contribution in [0.4, 0.5) is 5.82 Å². The number of nitrogens with zero attached hydrogens (tertiary/aromatic N) is 4. The van der Waals surface area contributed by atoms with E-state index in [9.17, 15) is 4.79 Å². The van der Waals surface area contributed by atoms with Crippen molar-refractivity contribution in [2.24, 2.45) is 11.8 Å². The average molecular weight is 337 g/mol. The second-order valence-corrected chi connectivity index (χ2v) is 6.24. The Kier molecular flexibility index (Phi) is 4.85. The van der Waals surface area contributed by atoms with Crippen LogP contribution in [-0.2, 0) is 11.3 Å². The van der Waals surface area contributed by atoms with E-state index in [1.807, 2.05) is 0 Å². The summed E-state index contributed by atoms with van der Waals surface area (Å²) < 4.78 is 1.73. The van der Waals surface area contributed by atoms with Crippen molar-refractivity contribution in [1.82, 2.24) is 19.5 Å². The minimum atomic E-state index is -0.690. The molecule has 0 bridgehead atoms. The molecule has 0 aromatic carbocycles. The number of terminal acetylenes is 1. The van der Waals surface area contributed by atoms with Gasteiger partial charge in [-0.15, -0.1) is 6.42 Å². The third-order valence-electron chi connectivity index (χ3n) is 4.54. The number of aromatic nitrogens is 4. The number of anilines is 1. The number of carboxylic acids is 1. The van der Waals surface area contributed by atoms with Crippen molar-refractivity contribution in [1.29, 1.82) is 0 Å². The predicted molar refractivity (Wildman–Crippen MR) is 93.1 cm³/mol. The summed E-state index contributed by atoms with van der Waals surface area (Å²) >= 11 is 0. The van der Waals surface area contributed by atoms with Crippen LogP contribution in [0.25, 0.3) is 11.2 Å². The van der Waals surface area contributed by atoms with E-state index in [1.165, 1.54) is 0 Å². The minimum absolute atomic E-state index is 0.203. The Hall–Kier alpha value is -3.06. The first kappa shape index (κ1) is 16.8. The van der Waals surface area contributed by atoms with Crippen molar-refractivity contribution in [3.63, 3.8) is 0 Å². The van der Waals surface area contributed by atoms with Crippen molar-refractivity contribution in [3.05, 3.63) is 12.2 Å². The van der Waals surface area contributed by atoms with Gasteiger partial charge in [-0.3, -0.25) is 4.79 Å². The van der Waals surface area contributed by atoms with Crippen molar-refractivity contribution >= 4 is 23.0 Å². The van der Waals surface area contributed by atoms with Gasteiger partial charge in [0.05, 0.1) is 18.8 Å². The molecule has 0 radical (unpaired) electrons. The first-order valence-corrected chi connectivity index (χ1v) is 8.22. The first-order chi connectivity index (χ1) is 12.1. The van der Waals surface area contributed by atoms with Crippen LogP contribution in [0.2, 0.25) is 0 Å². The average Bonchev–Trinajstić information content (AvgIpc) is 2.99. The Labute approximate surface area is 145 Å². The normalized spacial score (nSPS) is 19.8. The summed E-state index contributed by atoms with van der Waals surface area (Å²) in [5.74, 6) is 8.77. The van der Waals surface area contributed by atoms with Crippen LogP contribution < -0.4 is 5.73 Å². The highest BCUT2D eigenvalue weighted by atomic mass is 16.4. The molecule has 1 fully saturated rings. The maximum Gasteiger partial charge on any atom is 0.306 e. The molecule has 0 unspecified atom stereocenters. The minimum Gasteiger partial charge on any atom is -0.481 e. The standard InChI is InChI=1S/C18H19N5O2/c1-2-10-23-11-20-15-16(19)21-14(22-17(15)23)5-3-4-12-6-8-13(9-7-12)18(24)25/h1,11-13H,4,6-10H2,(H,24,25)(H2,19,21,22). The summed E-state index contributed by atoms with van der Waals surface area (Å²) in [4.78, 5) is 23.7. The highest BCUT2D eigenvalue weighted by Gasteiger charge is 2.25. The number of hydrogen-bond donors (Lipinski definition) is 2. The summed E-state index contributed by atoms with van der Waals surface area (Å²) in [7, 11) is 0. The molecule has 2 aromatic heterocycles. The molecule has 7 nitrogen and oxygen atoms in total. The number of carbonyl (C=O) groups is 1. The summed E-state index contributed by atoms with van der Waals surface area (Å²) in [5.41, 5.74) is 7.02. The van der Waals surface area contributed by atoms with Gasteiger partial charge in [0.15, 0.2) is 11.5 Å². The zero-order valence-corrected chi connectivity index (χ0v) is 13.8. The zero-order chi connectivity index (χ0) is 17.8. The molecule has 2 heterocycles. The van der Waals surface area contributed by atoms with Gasteiger partial charge in [-0.2, -0.15) is 0 Å². The lowest BCUT2D eigenvalue weighted by molar-refractivity contribution is -0.143. The Bertz CT molecular complexity index is 892. The number of fused-ring (bicyclic) bond motifs is 1. The number of carboxylic acid groups (broad SMARTS) is 1. The lowest BCUT2D eigenvalue weighted by Gasteiger charge is -2.24. The smallest absolute Gasteiger partial charge is 0.306 e. The third kappa shape index (κ3) is 3.72. The fourth-order valence-electron chi connectivity index (χ4n) is 3.12. The summed E-state index contributed by atoms with van der Waals surface area (Å²) in [6, 6.07) is 0. The van der Waals surface area contributed by atoms with Crippen molar-refractivity contribution in [2.45, 2.75) is 38.6 Å². The van der Waals surface area contributed by atoms with Gasteiger partial charge in [-0.25, -0.2) is 15.0 Å². The van der Waals surface area contributed by atoms with E-state index in [2.05, 4.69) is 32.7 Å². The monoisotopic (exact) mass is 337 g/mol. The van der Waals surface area contributed by atoms with Crippen LogP contribution in [0, 0.1) is 36.0 Å². The fraction of sp³-hybridized carbons (Fsp3) is 0.444. The van der Waals surface area contributed by atoms with Crippen molar-refractivity contribution < 1.29 is 9.90 Å². The molecule has 0 amide bonds. The quantitative estimate of drug-likeness (QED) is 0.825. The molecular formula is C18H19N5O2. The van der Waals surface area contributed by atoms with E-state index < -0.39 is 5.97 Å². The van der Waals surface area contributed by atoms with Crippen LogP contribution in [0.5, 0.6) is 0 Å². The molecule has 128 valence electrons. The highest BCUT2D eigenvalue weighted by molar-refractivity contribution is 5.82. The maximum absolute atomic E-state index is 11.0. The second-order valence-electron chi connectivity index (χ2n) is 6.24. The molecular weight excluding hydrogens is 318 g/mol. The zero-order valence-electron chi connectivity index (χ0n) is 13.8. The van der Waals surface area contributed by atoms with E-state index in [-0.39, 0.29) is 11.7 Å². The molecule has 0 saturated heterocycles. The van der Waals surface area contributed by atoms with Crippen LogP contribution in [0.15, 0.2) is 6.33 Å². The van der Waals surface area contributed by atoms with E-state index in [0.29, 0.717) is 35.9 Å².